The van der Waals surface area contributed by atoms with Gasteiger partial charge in [-0.3, -0.25) is 4.79 Å². The van der Waals surface area contributed by atoms with Gasteiger partial charge in [0.25, 0.3) is 11.6 Å². The van der Waals surface area contributed by atoms with E-state index in [9.17, 15) is 20.3 Å². The first-order chi connectivity index (χ1) is 9.99. The third kappa shape index (κ3) is 2.31. The van der Waals surface area contributed by atoms with Gasteiger partial charge in [0, 0.05) is 12.3 Å². The molecular weight excluding hydrogens is 280 g/mol. The predicted octanol–water partition coefficient (Wildman–Crippen LogP) is -1.50. The van der Waals surface area contributed by atoms with Gasteiger partial charge in [-0.25, -0.2) is 0 Å². The number of hydrogen-bond acceptors (Lipinski definition) is 8. The molecule has 4 atom stereocenters. The summed E-state index contributed by atoms with van der Waals surface area (Å²) in [6.07, 6.45) is -0.00437. The van der Waals surface area contributed by atoms with Crippen molar-refractivity contribution in [2.45, 2.75) is 18.1 Å². The number of aliphatic hydroxyl groups is 2. The van der Waals surface area contributed by atoms with Crippen molar-refractivity contribution in [1.82, 2.24) is 15.1 Å². The molecule has 1 amide bonds. The lowest BCUT2D eigenvalue weighted by atomic mass is 9.97. The lowest BCUT2D eigenvalue weighted by Crippen LogP contribution is -2.44. The van der Waals surface area contributed by atoms with Crippen LogP contribution in [0.1, 0.15) is 0 Å². The third-order valence-electron chi connectivity index (χ3n) is 3.27. The van der Waals surface area contributed by atoms with Gasteiger partial charge in [-0.15, -0.1) is 0 Å². The molecule has 2 aliphatic rings. The maximum atomic E-state index is 11.2. The van der Waals surface area contributed by atoms with Crippen molar-refractivity contribution in [2.24, 2.45) is 11.0 Å². The zero-order chi connectivity index (χ0) is 15.6. The van der Waals surface area contributed by atoms with E-state index in [1.165, 1.54) is 17.2 Å². The molecule has 0 saturated carbocycles. The second kappa shape index (κ2) is 5.43. The van der Waals surface area contributed by atoms with Crippen LogP contribution in [0.15, 0.2) is 29.8 Å². The quantitative estimate of drug-likeness (QED) is 0.366. The number of carbonyl (C=O) groups excluding carboxylic acids is 1. The fraction of sp³-hybridized carbons (Fsp3) is 0.455. The van der Waals surface area contributed by atoms with Gasteiger partial charge in [-0.2, -0.15) is 5.26 Å². The number of amides is 1. The van der Waals surface area contributed by atoms with E-state index in [1.807, 2.05) is 6.07 Å². The standard InChI is InChI=1S/C11H12N6O4/c1-6-14-8(19)2-3-17(6)10-7(4-12)9(20)11(5-18,21-10)15-16-13/h2-3,7,9-10,13,18,20H,1,5H2/p+1/t7-,9-,10+,11+/m0/s1. The summed E-state index contributed by atoms with van der Waals surface area (Å²) in [5.74, 6) is -1.34. The predicted molar refractivity (Wildman–Crippen MR) is 65.3 cm³/mol. The zero-order valence-electron chi connectivity index (χ0n) is 10.8. The van der Waals surface area contributed by atoms with Crippen molar-refractivity contribution in [3.63, 3.8) is 0 Å². The first-order valence-electron chi connectivity index (χ1n) is 5.90. The molecule has 0 bridgehead atoms. The summed E-state index contributed by atoms with van der Waals surface area (Å²) in [5.41, 5.74) is 4.86. The number of ether oxygens (including phenoxy) is 1. The number of hydrogen-bond donors (Lipinski definition) is 4. The van der Waals surface area contributed by atoms with Crippen molar-refractivity contribution in [3.8, 4) is 6.07 Å². The van der Waals surface area contributed by atoms with E-state index < -0.39 is 30.6 Å². The summed E-state index contributed by atoms with van der Waals surface area (Å²) < 4.78 is 5.46. The van der Waals surface area contributed by atoms with Crippen molar-refractivity contribution < 1.29 is 19.7 Å². The highest BCUT2D eigenvalue weighted by Crippen LogP contribution is 2.38. The van der Waals surface area contributed by atoms with Gasteiger partial charge in [0.2, 0.25) is 4.91 Å². The number of carbonyl (C=O) groups is 1. The Hall–Kier alpha value is -2.57. The highest BCUT2D eigenvalue weighted by Gasteiger charge is 2.60. The Labute approximate surface area is 119 Å². The minimum atomic E-state index is -1.90. The summed E-state index contributed by atoms with van der Waals surface area (Å²) in [5, 5.41) is 34.6. The number of nitrogens with zero attached hydrogens (tertiary/aromatic N) is 4. The first-order valence-corrected chi connectivity index (χ1v) is 5.90. The van der Waals surface area contributed by atoms with Gasteiger partial charge in [-0.1, -0.05) is 6.58 Å². The molecule has 2 aliphatic heterocycles. The topological polar surface area (TPSA) is 156 Å². The minimum Gasteiger partial charge on any atom is -0.391 e. The Morgan fingerprint density at radius 3 is 3.00 bits per heavy atom. The fourth-order valence-corrected chi connectivity index (χ4v) is 2.21. The van der Waals surface area contributed by atoms with Crippen LogP contribution in [0.3, 0.4) is 0 Å². The molecule has 21 heavy (non-hydrogen) atoms. The summed E-state index contributed by atoms with van der Waals surface area (Å²) in [4.78, 5) is 15.3. The Morgan fingerprint density at radius 2 is 2.48 bits per heavy atom. The highest BCUT2D eigenvalue weighted by molar-refractivity contribution is 5.89. The molecule has 0 aromatic carbocycles. The summed E-state index contributed by atoms with van der Waals surface area (Å²) in [6, 6.07) is 1.86. The lowest BCUT2D eigenvalue weighted by molar-refractivity contribution is -0.136. The van der Waals surface area contributed by atoms with E-state index in [4.69, 9.17) is 10.3 Å². The lowest BCUT2D eigenvalue weighted by Gasteiger charge is -2.32. The van der Waals surface area contributed by atoms with Crippen LogP contribution in [-0.2, 0) is 9.53 Å². The molecule has 1 fully saturated rings. The molecule has 0 aliphatic carbocycles. The Morgan fingerprint density at radius 1 is 1.76 bits per heavy atom. The first kappa shape index (κ1) is 14.8. The number of nitrogens with one attached hydrogen (secondary N) is 2. The normalized spacial score (nSPS) is 35.1. The second-order valence-corrected chi connectivity index (χ2v) is 4.47. The second-order valence-electron chi connectivity index (χ2n) is 4.47. The third-order valence-corrected chi connectivity index (χ3v) is 3.27. The molecule has 0 spiro atoms. The average molecular weight is 293 g/mol. The molecule has 110 valence electrons. The minimum absolute atomic E-state index is 0.150. The Balaban J connectivity index is 2.39. The van der Waals surface area contributed by atoms with Crippen molar-refractivity contribution in [3.05, 3.63) is 24.7 Å². The van der Waals surface area contributed by atoms with E-state index in [2.05, 4.69) is 21.9 Å². The average Bonchev–Trinajstić information content (AvgIpc) is 2.72. The van der Waals surface area contributed by atoms with Crippen LogP contribution in [0, 0.1) is 22.8 Å². The smallest absolute Gasteiger partial charge is 0.294 e. The molecule has 0 aromatic rings. The summed E-state index contributed by atoms with van der Waals surface area (Å²) in [6.45, 7) is 2.86. The van der Waals surface area contributed by atoms with Gasteiger partial charge < -0.3 is 25.2 Å². The molecule has 2 rings (SSSR count). The largest absolute Gasteiger partial charge is 0.391 e. The Bertz CT molecular complexity index is 592. The van der Waals surface area contributed by atoms with Crippen molar-refractivity contribution in [1.29, 1.82) is 10.8 Å². The fourth-order valence-electron chi connectivity index (χ4n) is 2.21. The molecule has 0 radical (unpaired) electrons. The van der Waals surface area contributed by atoms with Crippen LogP contribution >= 0.6 is 0 Å². The van der Waals surface area contributed by atoms with Crippen molar-refractivity contribution >= 4 is 5.91 Å². The number of rotatable bonds is 3. The van der Waals surface area contributed by atoms with Gasteiger partial charge in [0.1, 0.15) is 30.0 Å². The molecule has 4 N–H and O–H groups in total. The summed E-state index contributed by atoms with van der Waals surface area (Å²) >= 11 is 0. The van der Waals surface area contributed by atoms with E-state index in [-0.39, 0.29) is 11.7 Å². The SMILES string of the molecule is C=C1NC(=O)C=CN1[C@@H]1O[C@@](CO)(N=[N+]=N)[C@@H](O)[C@@H]1C#N. The molecular formula is C11H13N6O4+. The van der Waals surface area contributed by atoms with Gasteiger partial charge in [0.05, 0.1) is 6.07 Å². The van der Waals surface area contributed by atoms with Crippen LogP contribution in [0.25, 0.3) is 0 Å². The van der Waals surface area contributed by atoms with Gasteiger partial charge in [-0.05, 0) is 0 Å². The molecule has 2 heterocycles. The molecule has 0 aromatic heterocycles. The maximum absolute atomic E-state index is 11.2. The van der Waals surface area contributed by atoms with Crippen LogP contribution in [0.5, 0.6) is 0 Å². The number of nitriles is 1. The monoisotopic (exact) mass is 293 g/mol. The van der Waals surface area contributed by atoms with Gasteiger partial charge >= 0.3 is 0 Å². The molecule has 0 unspecified atom stereocenters. The molecule has 1 saturated heterocycles. The van der Waals surface area contributed by atoms with Crippen LogP contribution in [0.4, 0.5) is 0 Å². The van der Waals surface area contributed by atoms with Crippen molar-refractivity contribution in [2.75, 3.05) is 6.61 Å². The highest BCUT2D eigenvalue weighted by atomic mass is 16.6. The Kier molecular flexibility index (Phi) is 3.84. The van der Waals surface area contributed by atoms with Gasteiger partial charge in [0.15, 0.2) is 11.3 Å². The molecule has 10 heteroatoms. The zero-order valence-corrected chi connectivity index (χ0v) is 10.8. The maximum Gasteiger partial charge on any atom is 0.294 e. The van der Waals surface area contributed by atoms with Crippen LogP contribution in [-0.4, -0.2) is 45.7 Å². The van der Waals surface area contributed by atoms with E-state index >= 15 is 0 Å². The van der Waals surface area contributed by atoms with Crippen LogP contribution in [0.2, 0.25) is 0 Å². The van der Waals surface area contributed by atoms with E-state index in [1.54, 1.807) is 0 Å². The number of aliphatic hydroxyl groups excluding tert-OH is 2. The van der Waals surface area contributed by atoms with E-state index in [0.29, 0.717) is 0 Å². The summed E-state index contributed by atoms with van der Waals surface area (Å²) in [7, 11) is 0. The van der Waals surface area contributed by atoms with E-state index in [0.717, 1.165) is 0 Å². The van der Waals surface area contributed by atoms with Crippen LogP contribution < -0.4 is 10.2 Å². The molecule has 10 nitrogen and oxygen atoms in total.